The fourth-order valence-corrected chi connectivity index (χ4v) is 2.16. The molecule has 1 unspecified atom stereocenters. The Bertz CT molecular complexity index is 498. The van der Waals surface area contributed by atoms with Crippen LogP contribution < -0.4 is 5.32 Å². The first-order chi connectivity index (χ1) is 8.94. The van der Waals surface area contributed by atoms with E-state index < -0.39 is 5.54 Å². The highest BCUT2D eigenvalue weighted by molar-refractivity contribution is 5.93. The van der Waals surface area contributed by atoms with E-state index in [1.807, 2.05) is 6.92 Å². The van der Waals surface area contributed by atoms with Gasteiger partial charge in [0.05, 0.1) is 6.54 Å². The molecule has 1 atom stereocenters. The van der Waals surface area contributed by atoms with Crippen molar-refractivity contribution < 1.29 is 9.59 Å². The lowest BCUT2D eigenvalue weighted by Crippen LogP contribution is -2.54. The van der Waals surface area contributed by atoms with Crippen LogP contribution in [0.3, 0.4) is 0 Å². The molecule has 0 saturated carbocycles. The molecule has 1 aliphatic rings. The topological polar surface area (TPSA) is 80.1 Å². The molecule has 0 bridgehead atoms. The van der Waals surface area contributed by atoms with Crippen LogP contribution in [0.2, 0.25) is 0 Å². The lowest BCUT2D eigenvalue weighted by molar-refractivity contribution is -0.138. The highest BCUT2D eigenvalue weighted by Gasteiger charge is 2.39. The van der Waals surface area contributed by atoms with Gasteiger partial charge >= 0.3 is 0 Å². The van der Waals surface area contributed by atoms with Crippen molar-refractivity contribution in [3.63, 3.8) is 0 Å². The highest BCUT2D eigenvalue weighted by Crippen LogP contribution is 2.18. The van der Waals surface area contributed by atoms with E-state index in [2.05, 4.69) is 15.6 Å². The normalized spacial score (nSPS) is 24.3. The molecule has 0 aromatic carbocycles. The Labute approximate surface area is 112 Å². The van der Waals surface area contributed by atoms with Gasteiger partial charge in [-0.05, 0) is 13.3 Å². The van der Waals surface area contributed by atoms with Crippen LogP contribution in [0.4, 0.5) is 0 Å². The van der Waals surface area contributed by atoms with Crippen molar-refractivity contribution in [1.29, 1.82) is 0 Å². The van der Waals surface area contributed by atoms with E-state index >= 15 is 0 Å². The molecule has 1 saturated heterocycles. The fraction of sp³-hybridized carbons (Fsp3) is 0.667. The highest BCUT2D eigenvalue weighted by atomic mass is 16.2. The Kier molecular flexibility index (Phi) is 3.55. The van der Waals surface area contributed by atoms with Crippen molar-refractivity contribution >= 4 is 11.8 Å². The van der Waals surface area contributed by atoms with E-state index in [1.54, 1.807) is 29.7 Å². The number of rotatable bonds is 3. The number of carbonyl (C=O) groups excluding carboxylic acids is 2. The zero-order valence-electron chi connectivity index (χ0n) is 11.5. The maximum atomic E-state index is 12.5. The first kappa shape index (κ1) is 13.5. The molecule has 2 heterocycles. The molecule has 0 aliphatic carbocycles. The molecule has 19 heavy (non-hydrogen) atoms. The second kappa shape index (κ2) is 4.99. The Balaban J connectivity index is 2.19. The van der Waals surface area contributed by atoms with E-state index in [0.717, 1.165) is 5.69 Å². The lowest BCUT2D eigenvalue weighted by Gasteiger charge is -2.30. The molecule has 7 nitrogen and oxygen atoms in total. The lowest BCUT2D eigenvalue weighted by atomic mass is 9.97. The molecule has 2 amide bonds. The molecular weight excluding hydrogens is 246 g/mol. The fourth-order valence-electron chi connectivity index (χ4n) is 2.16. The summed E-state index contributed by atoms with van der Waals surface area (Å²) in [5.41, 5.74) is -0.0980. The summed E-state index contributed by atoms with van der Waals surface area (Å²) in [6.07, 6.45) is 2.66. The largest absolute Gasteiger partial charge is 0.342 e. The molecule has 1 aromatic heterocycles. The summed E-state index contributed by atoms with van der Waals surface area (Å²) < 4.78 is 1.60. The number of aryl methyl sites for hydroxylation is 1. The molecule has 1 fully saturated rings. The van der Waals surface area contributed by atoms with Gasteiger partial charge in [-0.3, -0.25) is 14.3 Å². The monoisotopic (exact) mass is 265 g/mol. The maximum Gasteiger partial charge on any atom is 0.248 e. The van der Waals surface area contributed by atoms with Gasteiger partial charge in [-0.1, -0.05) is 12.1 Å². The zero-order valence-corrected chi connectivity index (χ0v) is 11.5. The van der Waals surface area contributed by atoms with Crippen LogP contribution in [-0.4, -0.2) is 43.8 Å². The van der Waals surface area contributed by atoms with Gasteiger partial charge in [0.1, 0.15) is 11.2 Å². The van der Waals surface area contributed by atoms with E-state index in [4.69, 9.17) is 0 Å². The standard InChI is InChI=1S/C12H19N5O2/c1-4-12(2)11(19)17(6-5-10(18)13-12)8-9-7-16(3)15-14-9/h7H,4-6,8H2,1-3H3,(H,13,18). The molecule has 1 N–H and O–H groups in total. The minimum Gasteiger partial charge on any atom is -0.342 e. The Morgan fingerprint density at radius 2 is 2.21 bits per heavy atom. The van der Waals surface area contributed by atoms with E-state index in [-0.39, 0.29) is 11.8 Å². The van der Waals surface area contributed by atoms with Gasteiger partial charge in [-0.15, -0.1) is 5.10 Å². The second-order valence-corrected chi connectivity index (χ2v) is 5.09. The average Bonchev–Trinajstić information content (AvgIpc) is 2.74. The first-order valence-electron chi connectivity index (χ1n) is 6.40. The summed E-state index contributed by atoms with van der Waals surface area (Å²) in [7, 11) is 1.78. The Morgan fingerprint density at radius 3 is 2.79 bits per heavy atom. The number of amides is 2. The van der Waals surface area contributed by atoms with Crippen LogP contribution in [0, 0.1) is 0 Å². The number of hydrogen-bond donors (Lipinski definition) is 1. The number of nitrogens with one attached hydrogen (secondary N) is 1. The quantitative estimate of drug-likeness (QED) is 0.823. The summed E-state index contributed by atoms with van der Waals surface area (Å²) in [6.45, 7) is 4.46. The molecule has 2 rings (SSSR count). The third-order valence-corrected chi connectivity index (χ3v) is 3.49. The van der Waals surface area contributed by atoms with Crippen molar-refractivity contribution in [1.82, 2.24) is 25.2 Å². The van der Waals surface area contributed by atoms with E-state index in [0.29, 0.717) is 25.9 Å². The van der Waals surface area contributed by atoms with E-state index in [1.165, 1.54) is 0 Å². The van der Waals surface area contributed by atoms with Gasteiger partial charge in [-0.2, -0.15) is 0 Å². The van der Waals surface area contributed by atoms with Gasteiger partial charge in [0.15, 0.2) is 0 Å². The summed E-state index contributed by atoms with van der Waals surface area (Å²) in [5, 5.41) is 10.6. The second-order valence-electron chi connectivity index (χ2n) is 5.09. The summed E-state index contributed by atoms with van der Waals surface area (Å²) in [4.78, 5) is 25.9. The third kappa shape index (κ3) is 2.74. The predicted molar refractivity (Wildman–Crippen MR) is 67.9 cm³/mol. The predicted octanol–water partition coefficient (Wildman–Crippen LogP) is -0.168. The average molecular weight is 265 g/mol. The number of aromatic nitrogens is 3. The molecule has 0 spiro atoms. The number of carbonyl (C=O) groups is 2. The smallest absolute Gasteiger partial charge is 0.248 e. The summed E-state index contributed by atoms with van der Waals surface area (Å²) >= 11 is 0. The maximum absolute atomic E-state index is 12.5. The minimum atomic E-state index is -0.824. The van der Waals surface area contributed by atoms with Gasteiger partial charge in [0.2, 0.25) is 11.8 Å². The van der Waals surface area contributed by atoms with Crippen LogP contribution in [0.15, 0.2) is 6.20 Å². The van der Waals surface area contributed by atoms with Crippen LogP contribution in [-0.2, 0) is 23.2 Å². The van der Waals surface area contributed by atoms with E-state index in [9.17, 15) is 9.59 Å². The zero-order chi connectivity index (χ0) is 14.0. The van der Waals surface area contributed by atoms with Gasteiger partial charge in [0, 0.05) is 26.2 Å². The van der Waals surface area contributed by atoms with Gasteiger partial charge in [0.25, 0.3) is 0 Å². The number of nitrogens with zero attached hydrogens (tertiary/aromatic N) is 4. The van der Waals surface area contributed by atoms with Crippen LogP contribution in [0.25, 0.3) is 0 Å². The molecular formula is C12H19N5O2. The van der Waals surface area contributed by atoms with Crippen LogP contribution >= 0.6 is 0 Å². The van der Waals surface area contributed by atoms with Crippen molar-refractivity contribution in [2.45, 2.75) is 38.8 Å². The molecule has 1 aliphatic heterocycles. The Morgan fingerprint density at radius 1 is 1.47 bits per heavy atom. The third-order valence-electron chi connectivity index (χ3n) is 3.49. The van der Waals surface area contributed by atoms with Crippen molar-refractivity contribution in [2.24, 2.45) is 7.05 Å². The first-order valence-corrected chi connectivity index (χ1v) is 6.40. The molecule has 7 heteroatoms. The minimum absolute atomic E-state index is 0.0634. The van der Waals surface area contributed by atoms with Crippen molar-refractivity contribution in [3.05, 3.63) is 11.9 Å². The SMILES string of the molecule is CCC1(C)NC(=O)CCN(Cc2cn(C)nn2)C1=O. The number of hydrogen-bond acceptors (Lipinski definition) is 4. The molecule has 104 valence electrons. The Hall–Kier alpha value is -1.92. The van der Waals surface area contributed by atoms with Crippen LogP contribution in [0.1, 0.15) is 32.4 Å². The van der Waals surface area contributed by atoms with Crippen LogP contribution in [0.5, 0.6) is 0 Å². The van der Waals surface area contributed by atoms with Crippen molar-refractivity contribution in [2.75, 3.05) is 6.54 Å². The summed E-state index contributed by atoms with van der Waals surface area (Å²) in [5.74, 6) is -0.147. The summed E-state index contributed by atoms with van der Waals surface area (Å²) in [6, 6.07) is 0. The molecule has 0 radical (unpaired) electrons. The van der Waals surface area contributed by atoms with Gasteiger partial charge in [-0.25, -0.2) is 0 Å². The van der Waals surface area contributed by atoms with Gasteiger partial charge < -0.3 is 10.2 Å². The molecule has 1 aromatic rings. The van der Waals surface area contributed by atoms with Crippen molar-refractivity contribution in [3.8, 4) is 0 Å².